The number of methoxy groups -OCH3 is 1. The number of aryl methyl sites for hydroxylation is 1. The third-order valence-corrected chi connectivity index (χ3v) is 9.22. The molecule has 0 radical (unpaired) electrons. The molecule has 8 nitrogen and oxygen atoms in total. The van der Waals surface area contributed by atoms with E-state index < -0.39 is 34.3 Å². The first-order chi connectivity index (χ1) is 22.0. The van der Waals surface area contributed by atoms with Crippen molar-refractivity contribution in [2.45, 2.75) is 44.7 Å². The monoisotopic (exact) mass is 645 g/mol. The quantitative estimate of drug-likeness (QED) is 0.189. The van der Waals surface area contributed by atoms with E-state index in [9.17, 15) is 22.4 Å². The van der Waals surface area contributed by atoms with E-state index in [1.165, 1.54) is 48.4 Å². The summed E-state index contributed by atoms with van der Waals surface area (Å²) in [6.45, 7) is 5.73. The Kier molecular flexibility index (Phi) is 11.5. The van der Waals surface area contributed by atoms with Crippen LogP contribution in [0.3, 0.4) is 0 Å². The van der Waals surface area contributed by atoms with Crippen molar-refractivity contribution >= 4 is 27.5 Å². The molecular formula is C36H40FN3O5S. The second-order valence-corrected chi connectivity index (χ2v) is 13.4. The Morgan fingerprint density at radius 1 is 0.870 bits per heavy atom. The molecule has 4 aromatic carbocycles. The van der Waals surface area contributed by atoms with Crippen LogP contribution >= 0.6 is 0 Å². The van der Waals surface area contributed by atoms with Gasteiger partial charge in [-0.15, -0.1) is 0 Å². The van der Waals surface area contributed by atoms with E-state index in [2.05, 4.69) is 5.32 Å². The topological polar surface area (TPSA) is 96.0 Å². The first-order valence-corrected chi connectivity index (χ1v) is 16.5. The van der Waals surface area contributed by atoms with Crippen LogP contribution in [0.25, 0.3) is 0 Å². The van der Waals surface area contributed by atoms with Gasteiger partial charge in [0.2, 0.25) is 11.8 Å². The van der Waals surface area contributed by atoms with Gasteiger partial charge in [0, 0.05) is 19.5 Å². The zero-order chi connectivity index (χ0) is 33.3. The predicted octanol–water partition coefficient (Wildman–Crippen LogP) is 5.75. The van der Waals surface area contributed by atoms with Crippen molar-refractivity contribution in [2.75, 3.05) is 24.5 Å². The number of anilines is 1. The summed E-state index contributed by atoms with van der Waals surface area (Å²) < 4.78 is 48.3. The maximum atomic E-state index is 14.5. The maximum absolute atomic E-state index is 14.5. The van der Waals surface area contributed by atoms with Crippen molar-refractivity contribution in [3.8, 4) is 5.75 Å². The van der Waals surface area contributed by atoms with Crippen molar-refractivity contribution in [1.82, 2.24) is 10.2 Å². The molecule has 46 heavy (non-hydrogen) atoms. The van der Waals surface area contributed by atoms with Gasteiger partial charge in [-0.3, -0.25) is 13.9 Å². The number of ether oxygens (including phenoxy) is 1. The number of nitrogens with one attached hydrogen (secondary N) is 1. The van der Waals surface area contributed by atoms with Gasteiger partial charge in [0.25, 0.3) is 10.0 Å². The van der Waals surface area contributed by atoms with E-state index >= 15 is 0 Å². The highest BCUT2D eigenvalue weighted by Gasteiger charge is 2.34. The van der Waals surface area contributed by atoms with Crippen LogP contribution in [0.5, 0.6) is 5.75 Å². The lowest BCUT2D eigenvalue weighted by molar-refractivity contribution is -0.140. The number of benzene rings is 4. The minimum absolute atomic E-state index is 0.0625. The fourth-order valence-electron chi connectivity index (χ4n) is 4.99. The average molecular weight is 646 g/mol. The van der Waals surface area contributed by atoms with Gasteiger partial charge in [0.05, 0.1) is 17.7 Å². The van der Waals surface area contributed by atoms with Crippen LogP contribution in [0.15, 0.2) is 108 Å². The molecule has 0 heterocycles. The van der Waals surface area contributed by atoms with E-state index in [1.807, 2.05) is 75.4 Å². The van der Waals surface area contributed by atoms with Crippen LogP contribution in [-0.2, 0) is 32.6 Å². The smallest absolute Gasteiger partial charge is 0.264 e. The van der Waals surface area contributed by atoms with Gasteiger partial charge < -0.3 is 15.0 Å². The molecule has 0 fully saturated rings. The minimum Gasteiger partial charge on any atom is -0.497 e. The summed E-state index contributed by atoms with van der Waals surface area (Å²) in [5.41, 5.74) is 2.71. The van der Waals surface area contributed by atoms with Gasteiger partial charge in [0.15, 0.2) is 0 Å². The van der Waals surface area contributed by atoms with Gasteiger partial charge in [-0.25, -0.2) is 12.8 Å². The number of nitrogens with zero attached hydrogens (tertiary/aromatic N) is 2. The lowest BCUT2D eigenvalue weighted by Crippen LogP contribution is -2.53. The lowest BCUT2D eigenvalue weighted by Gasteiger charge is -2.34. The van der Waals surface area contributed by atoms with E-state index in [0.717, 1.165) is 33.1 Å². The number of sulfonamides is 1. The Labute approximate surface area is 270 Å². The normalized spacial score (nSPS) is 12.0. The zero-order valence-corrected chi connectivity index (χ0v) is 27.3. The van der Waals surface area contributed by atoms with Crippen LogP contribution in [-0.4, -0.2) is 51.4 Å². The molecule has 1 atom stereocenters. The Balaban J connectivity index is 1.79. The molecule has 0 saturated heterocycles. The van der Waals surface area contributed by atoms with Crippen LogP contribution in [0, 0.1) is 18.7 Å². The fraction of sp³-hybridized carbons (Fsp3) is 0.278. The van der Waals surface area contributed by atoms with Crippen molar-refractivity contribution in [2.24, 2.45) is 5.92 Å². The van der Waals surface area contributed by atoms with E-state index in [-0.39, 0.29) is 35.4 Å². The third kappa shape index (κ3) is 8.94. The molecule has 1 unspecified atom stereocenters. The summed E-state index contributed by atoms with van der Waals surface area (Å²) in [6, 6.07) is 26.7. The molecule has 4 aromatic rings. The highest BCUT2D eigenvalue weighted by atomic mass is 32.2. The molecule has 0 bridgehead atoms. The molecule has 242 valence electrons. The Morgan fingerprint density at radius 2 is 1.52 bits per heavy atom. The van der Waals surface area contributed by atoms with Gasteiger partial charge in [-0.1, -0.05) is 74.0 Å². The van der Waals surface area contributed by atoms with Crippen molar-refractivity contribution in [3.05, 3.63) is 126 Å². The number of hydrogen-bond acceptors (Lipinski definition) is 5. The van der Waals surface area contributed by atoms with E-state index in [0.29, 0.717) is 12.3 Å². The molecular weight excluding hydrogens is 605 g/mol. The molecule has 0 aromatic heterocycles. The SMILES string of the molecule is COc1ccc(S(=O)(=O)N(CC(=O)N(Cc2cccc(C)c2)C(Cc2ccccc2)C(=O)NCC(C)C)c2ccc(F)cc2)cc1. The predicted molar refractivity (Wildman–Crippen MR) is 177 cm³/mol. The zero-order valence-electron chi connectivity index (χ0n) is 26.5. The van der Waals surface area contributed by atoms with Gasteiger partial charge >= 0.3 is 0 Å². The van der Waals surface area contributed by atoms with Gasteiger partial charge in [0.1, 0.15) is 24.2 Å². The average Bonchev–Trinajstić information content (AvgIpc) is 3.05. The molecule has 4 rings (SSSR count). The summed E-state index contributed by atoms with van der Waals surface area (Å²) in [6.07, 6.45) is 0.212. The molecule has 0 spiro atoms. The van der Waals surface area contributed by atoms with Crippen LogP contribution in [0.2, 0.25) is 0 Å². The number of halogens is 1. The Hall–Kier alpha value is -4.70. The number of amides is 2. The number of carbonyl (C=O) groups excluding carboxylic acids is 2. The molecule has 0 aliphatic rings. The van der Waals surface area contributed by atoms with Gasteiger partial charge in [-0.05, 0) is 72.5 Å². The molecule has 1 N–H and O–H groups in total. The van der Waals surface area contributed by atoms with Crippen molar-refractivity contribution < 1.29 is 27.1 Å². The molecule has 2 amide bonds. The summed E-state index contributed by atoms with van der Waals surface area (Å²) in [7, 11) is -2.85. The standard InChI is InChI=1S/C36H40FN3O5S/c1-26(2)23-38-36(42)34(22-28-10-6-5-7-11-28)39(24-29-12-8-9-27(3)21-29)35(41)25-40(31-15-13-30(37)14-16-31)46(43,44)33-19-17-32(45-4)18-20-33/h5-21,26,34H,22-25H2,1-4H3,(H,38,42). The molecule has 0 saturated carbocycles. The van der Waals surface area contributed by atoms with E-state index in [1.54, 1.807) is 0 Å². The lowest BCUT2D eigenvalue weighted by atomic mass is 10.0. The molecule has 10 heteroatoms. The third-order valence-electron chi connectivity index (χ3n) is 7.43. The maximum Gasteiger partial charge on any atom is 0.264 e. The number of carbonyl (C=O) groups is 2. The summed E-state index contributed by atoms with van der Waals surface area (Å²) >= 11 is 0. The van der Waals surface area contributed by atoms with Crippen molar-refractivity contribution in [1.29, 1.82) is 0 Å². The second kappa shape index (κ2) is 15.5. The largest absolute Gasteiger partial charge is 0.497 e. The Bertz CT molecular complexity index is 1710. The Morgan fingerprint density at radius 3 is 2.13 bits per heavy atom. The minimum atomic E-state index is -4.32. The summed E-state index contributed by atoms with van der Waals surface area (Å²) in [4.78, 5) is 29.7. The highest BCUT2D eigenvalue weighted by Crippen LogP contribution is 2.27. The molecule has 0 aliphatic carbocycles. The first kappa shape index (κ1) is 34.2. The van der Waals surface area contributed by atoms with Crippen molar-refractivity contribution in [3.63, 3.8) is 0 Å². The van der Waals surface area contributed by atoms with Gasteiger partial charge in [-0.2, -0.15) is 0 Å². The summed E-state index contributed by atoms with van der Waals surface area (Å²) in [5, 5.41) is 2.97. The van der Waals surface area contributed by atoms with E-state index in [4.69, 9.17) is 4.74 Å². The number of rotatable bonds is 14. The van der Waals surface area contributed by atoms with Crippen LogP contribution in [0.4, 0.5) is 10.1 Å². The second-order valence-electron chi connectivity index (χ2n) is 11.5. The summed E-state index contributed by atoms with van der Waals surface area (Å²) in [5.74, 6) is -0.856. The number of hydrogen-bond donors (Lipinski definition) is 1. The fourth-order valence-corrected chi connectivity index (χ4v) is 6.41. The first-order valence-electron chi connectivity index (χ1n) is 15.1. The van der Waals surface area contributed by atoms with Crippen LogP contribution < -0.4 is 14.4 Å². The van der Waals surface area contributed by atoms with Crippen LogP contribution in [0.1, 0.15) is 30.5 Å². The highest BCUT2D eigenvalue weighted by molar-refractivity contribution is 7.92. The molecule has 0 aliphatic heterocycles.